The molecule has 0 spiro atoms. The Balaban J connectivity index is 2.05. The van der Waals surface area contributed by atoms with E-state index >= 15 is 0 Å². The number of rotatable bonds is 4. The molecule has 0 amide bonds. The minimum Gasteiger partial charge on any atom is -0.484 e. The topological polar surface area (TPSA) is 26.3 Å². The summed E-state index contributed by atoms with van der Waals surface area (Å²) in [7, 11) is 0. The number of carbonyl (C=O) groups excluding carboxylic acids is 1. The van der Waals surface area contributed by atoms with Gasteiger partial charge in [0, 0.05) is 5.56 Å². The molecular weight excluding hydrogens is 351 g/mol. The van der Waals surface area contributed by atoms with E-state index in [4.69, 9.17) is 27.9 Å². The Morgan fingerprint density at radius 2 is 1.84 bits per heavy atom. The van der Waals surface area contributed by atoms with Gasteiger partial charge in [-0.2, -0.15) is 0 Å². The molecule has 0 unspecified atom stereocenters. The third-order valence-electron chi connectivity index (χ3n) is 2.44. The maximum Gasteiger partial charge on any atom is 0.200 e. The molecular formula is C14H9BrCl2O2. The summed E-state index contributed by atoms with van der Waals surface area (Å²) in [6, 6.07) is 12.1. The van der Waals surface area contributed by atoms with Crippen LogP contribution < -0.4 is 4.74 Å². The van der Waals surface area contributed by atoms with Crippen LogP contribution in [-0.2, 0) is 0 Å². The molecule has 0 N–H and O–H groups in total. The quantitative estimate of drug-likeness (QED) is 0.716. The van der Waals surface area contributed by atoms with Crippen molar-refractivity contribution in [3.63, 3.8) is 0 Å². The van der Waals surface area contributed by atoms with Crippen LogP contribution in [0.25, 0.3) is 0 Å². The summed E-state index contributed by atoms with van der Waals surface area (Å²) in [6.45, 7) is -0.0550. The molecule has 0 aliphatic heterocycles. The van der Waals surface area contributed by atoms with Crippen LogP contribution in [0.2, 0.25) is 10.0 Å². The van der Waals surface area contributed by atoms with Crippen molar-refractivity contribution in [2.24, 2.45) is 0 Å². The molecule has 0 heterocycles. The van der Waals surface area contributed by atoms with Gasteiger partial charge in [0.1, 0.15) is 5.75 Å². The van der Waals surface area contributed by atoms with Crippen molar-refractivity contribution < 1.29 is 9.53 Å². The molecule has 0 atom stereocenters. The fraction of sp³-hybridized carbons (Fsp3) is 0.0714. The molecule has 0 aliphatic carbocycles. The van der Waals surface area contributed by atoms with Crippen LogP contribution in [0.5, 0.6) is 5.75 Å². The van der Waals surface area contributed by atoms with E-state index in [9.17, 15) is 4.79 Å². The van der Waals surface area contributed by atoms with E-state index in [1.165, 1.54) is 6.07 Å². The Morgan fingerprint density at radius 1 is 1.11 bits per heavy atom. The van der Waals surface area contributed by atoms with Gasteiger partial charge in [0.25, 0.3) is 0 Å². The summed E-state index contributed by atoms with van der Waals surface area (Å²) in [5.74, 6) is 0.463. The second-order valence-corrected chi connectivity index (χ2v) is 5.44. The molecule has 0 bridgehead atoms. The van der Waals surface area contributed by atoms with Crippen molar-refractivity contribution in [2.75, 3.05) is 6.61 Å². The Hall–Kier alpha value is -1.03. The van der Waals surface area contributed by atoms with Gasteiger partial charge in [0.15, 0.2) is 12.4 Å². The van der Waals surface area contributed by atoms with Gasteiger partial charge in [-0.3, -0.25) is 4.79 Å². The molecule has 2 nitrogen and oxygen atoms in total. The van der Waals surface area contributed by atoms with Crippen molar-refractivity contribution in [3.05, 3.63) is 62.5 Å². The van der Waals surface area contributed by atoms with Crippen LogP contribution in [0.15, 0.2) is 46.9 Å². The zero-order valence-corrected chi connectivity index (χ0v) is 12.8. The number of para-hydroxylation sites is 1. The van der Waals surface area contributed by atoms with Crippen molar-refractivity contribution in [1.29, 1.82) is 0 Å². The smallest absolute Gasteiger partial charge is 0.200 e. The lowest BCUT2D eigenvalue weighted by atomic mass is 10.1. The first-order valence-corrected chi connectivity index (χ1v) is 6.98. The molecule has 19 heavy (non-hydrogen) atoms. The Labute approximate surface area is 129 Å². The van der Waals surface area contributed by atoms with Crippen LogP contribution >= 0.6 is 39.1 Å². The first-order chi connectivity index (χ1) is 9.08. The second kappa shape index (κ2) is 6.42. The van der Waals surface area contributed by atoms with Gasteiger partial charge in [-0.1, -0.05) is 35.3 Å². The van der Waals surface area contributed by atoms with Crippen molar-refractivity contribution in [1.82, 2.24) is 0 Å². The summed E-state index contributed by atoms with van der Waals surface area (Å²) in [5, 5.41) is 0.776. The van der Waals surface area contributed by atoms with E-state index in [-0.39, 0.29) is 12.4 Å². The number of ketones is 1. The standard InChI is InChI=1S/C14H9BrCl2O2/c15-10-3-1-2-4-14(10)19-8-13(18)9-5-6-11(16)12(17)7-9/h1-7H,8H2. The number of carbonyl (C=O) groups is 1. The molecule has 98 valence electrons. The Kier molecular flexibility index (Phi) is 4.86. The first kappa shape index (κ1) is 14.4. The molecule has 0 aliphatic rings. The normalized spacial score (nSPS) is 10.3. The molecule has 2 aromatic carbocycles. The lowest BCUT2D eigenvalue weighted by Gasteiger charge is -2.07. The molecule has 0 radical (unpaired) electrons. The van der Waals surface area contributed by atoms with E-state index in [2.05, 4.69) is 15.9 Å². The molecule has 2 rings (SSSR count). The summed E-state index contributed by atoms with van der Waals surface area (Å²) in [4.78, 5) is 12.0. The fourth-order valence-corrected chi connectivity index (χ4v) is 2.16. The fourth-order valence-electron chi connectivity index (χ4n) is 1.46. The van der Waals surface area contributed by atoms with Gasteiger partial charge < -0.3 is 4.74 Å². The van der Waals surface area contributed by atoms with E-state index in [0.717, 1.165) is 4.47 Å². The summed E-state index contributed by atoms with van der Waals surface area (Å²) in [6.07, 6.45) is 0. The number of benzene rings is 2. The lowest BCUT2D eigenvalue weighted by molar-refractivity contribution is 0.0921. The Bertz CT molecular complexity index is 614. The lowest BCUT2D eigenvalue weighted by Crippen LogP contribution is -2.11. The molecule has 0 fully saturated rings. The van der Waals surface area contributed by atoms with E-state index in [1.54, 1.807) is 18.2 Å². The summed E-state index contributed by atoms with van der Waals surface area (Å²) < 4.78 is 6.25. The maximum absolute atomic E-state index is 12.0. The van der Waals surface area contributed by atoms with Crippen LogP contribution in [0.4, 0.5) is 0 Å². The van der Waals surface area contributed by atoms with Crippen LogP contribution in [0.1, 0.15) is 10.4 Å². The SMILES string of the molecule is O=C(COc1ccccc1Br)c1ccc(Cl)c(Cl)c1. The maximum atomic E-state index is 12.0. The second-order valence-electron chi connectivity index (χ2n) is 3.77. The molecule has 0 saturated carbocycles. The van der Waals surface area contributed by atoms with Crippen molar-refractivity contribution >= 4 is 44.9 Å². The van der Waals surface area contributed by atoms with E-state index in [1.807, 2.05) is 18.2 Å². The first-order valence-electron chi connectivity index (χ1n) is 5.43. The highest BCUT2D eigenvalue weighted by atomic mass is 79.9. The average molecular weight is 360 g/mol. The van der Waals surface area contributed by atoms with Crippen LogP contribution in [-0.4, -0.2) is 12.4 Å². The highest BCUT2D eigenvalue weighted by Gasteiger charge is 2.10. The van der Waals surface area contributed by atoms with Crippen molar-refractivity contribution in [3.8, 4) is 5.75 Å². The highest BCUT2D eigenvalue weighted by molar-refractivity contribution is 9.10. The third-order valence-corrected chi connectivity index (χ3v) is 3.83. The Morgan fingerprint density at radius 3 is 2.53 bits per heavy atom. The van der Waals surface area contributed by atoms with Crippen LogP contribution in [0.3, 0.4) is 0 Å². The minimum absolute atomic E-state index is 0.0550. The number of hydrogen-bond acceptors (Lipinski definition) is 2. The average Bonchev–Trinajstić information content (AvgIpc) is 2.40. The predicted molar refractivity (Wildman–Crippen MR) is 80.4 cm³/mol. The molecule has 2 aromatic rings. The zero-order chi connectivity index (χ0) is 13.8. The highest BCUT2D eigenvalue weighted by Crippen LogP contribution is 2.25. The molecule has 0 saturated heterocycles. The zero-order valence-electron chi connectivity index (χ0n) is 9.70. The van der Waals surface area contributed by atoms with Gasteiger partial charge in [-0.05, 0) is 46.3 Å². The largest absolute Gasteiger partial charge is 0.484 e. The van der Waals surface area contributed by atoms with E-state index < -0.39 is 0 Å². The van der Waals surface area contributed by atoms with Crippen molar-refractivity contribution in [2.45, 2.75) is 0 Å². The monoisotopic (exact) mass is 358 g/mol. The number of ether oxygens (including phenoxy) is 1. The van der Waals surface area contributed by atoms with Gasteiger partial charge in [-0.25, -0.2) is 0 Å². The summed E-state index contributed by atoms with van der Waals surface area (Å²) in [5.41, 5.74) is 0.474. The van der Waals surface area contributed by atoms with Gasteiger partial charge >= 0.3 is 0 Å². The number of halogens is 3. The molecule has 0 aromatic heterocycles. The number of Topliss-reactive ketones (excluding diaryl/α,β-unsaturated/α-hetero) is 1. The van der Waals surface area contributed by atoms with Gasteiger partial charge in [0.2, 0.25) is 0 Å². The third kappa shape index (κ3) is 3.72. The van der Waals surface area contributed by atoms with E-state index in [0.29, 0.717) is 21.4 Å². The van der Waals surface area contributed by atoms with Crippen LogP contribution in [0, 0.1) is 0 Å². The predicted octanol–water partition coefficient (Wildman–Crippen LogP) is 5.02. The van der Waals surface area contributed by atoms with Gasteiger partial charge in [-0.15, -0.1) is 0 Å². The summed E-state index contributed by atoms with van der Waals surface area (Å²) >= 11 is 15.0. The molecule has 5 heteroatoms. The van der Waals surface area contributed by atoms with Gasteiger partial charge in [0.05, 0.1) is 14.5 Å². The minimum atomic E-state index is -0.158. The number of hydrogen-bond donors (Lipinski definition) is 0.